The number of para-hydroxylation sites is 1. The molecule has 0 saturated carbocycles. The van der Waals surface area contributed by atoms with E-state index in [1.54, 1.807) is 13.0 Å². The van der Waals surface area contributed by atoms with Gasteiger partial charge in [0.05, 0.1) is 12.8 Å². The van der Waals surface area contributed by atoms with E-state index in [0.29, 0.717) is 6.42 Å². The summed E-state index contributed by atoms with van der Waals surface area (Å²) in [6.45, 7) is 5.58. The van der Waals surface area contributed by atoms with E-state index >= 15 is 0 Å². The van der Waals surface area contributed by atoms with Crippen LogP contribution >= 0.6 is 11.6 Å². The van der Waals surface area contributed by atoms with Crippen molar-refractivity contribution >= 4 is 29.2 Å². The largest absolute Gasteiger partial charge is 0.467 e. The van der Waals surface area contributed by atoms with Gasteiger partial charge in [0.25, 0.3) is 5.91 Å². The molecule has 0 fully saturated rings. The fourth-order valence-corrected chi connectivity index (χ4v) is 2.63. The van der Waals surface area contributed by atoms with Crippen LogP contribution < -0.4 is 4.90 Å². The molecule has 5 heteroatoms. The summed E-state index contributed by atoms with van der Waals surface area (Å²) < 4.78 is 4.86. The molecule has 4 nitrogen and oxygen atoms in total. The van der Waals surface area contributed by atoms with Crippen LogP contribution in [0, 0.1) is 13.8 Å². The lowest BCUT2D eigenvalue weighted by Gasteiger charge is -2.31. The molecule has 0 bridgehead atoms. The number of anilines is 1. The molecule has 22 heavy (non-hydrogen) atoms. The standard InChI is InChI=1S/C17H22ClNO3/c1-5-7-15(20)19(14(10-11-18)17(21)22-4)16-12(2)8-6-9-13(16)3/h5-9,14H,10-11H2,1-4H3. The van der Waals surface area contributed by atoms with Crippen LogP contribution in [0.2, 0.25) is 0 Å². The number of carbonyl (C=O) groups is 2. The Morgan fingerprint density at radius 3 is 2.36 bits per heavy atom. The number of hydrogen-bond donors (Lipinski definition) is 0. The van der Waals surface area contributed by atoms with Gasteiger partial charge in [-0.25, -0.2) is 4.79 Å². The SMILES string of the molecule is CC=CC(=O)N(c1c(C)cccc1C)C(CCCl)C(=O)OC. The van der Waals surface area contributed by atoms with E-state index in [9.17, 15) is 9.59 Å². The molecule has 0 aliphatic rings. The van der Waals surface area contributed by atoms with Crippen molar-refractivity contribution < 1.29 is 14.3 Å². The van der Waals surface area contributed by atoms with E-state index in [-0.39, 0.29) is 11.8 Å². The van der Waals surface area contributed by atoms with Gasteiger partial charge >= 0.3 is 5.97 Å². The van der Waals surface area contributed by atoms with Gasteiger partial charge in [-0.2, -0.15) is 0 Å². The second-order valence-corrected chi connectivity index (χ2v) is 5.34. The average Bonchev–Trinajstić information content (AvgIpc) is 2.48. The highest BCUT2D eigenvalue weighted by atomic mass is 35.5. The third kappa shape index (κ3) is 4.10. The number of rotatable bonds is 6. The molecule has 0 N–H and O–H groups in total. The van der Waals surface area contributed by atoms with Gasteiger partial charge in [-0.1, -0.05) is 24.3 Å². The van der Waals surface area contributed by atoms with Crippen molar-refractivity contribution in [2.45, 2.75) is 33.2 Å². The van der Waals surface area contributed by atoms with Crippen molar-refractivity contribution in [2.75, 3.05) is 17.9 Å². The fraction of sp³-hybridized carbons (Fsp3) is 0.412. The van der Waals surface area contributed by atoms with Crippen molar-refractivity contribution in [1.82, 2.24) is 0 Å². The first-order chi connectivity index (χ1) is 10.5. The molecule has 1 atom stereocenters. The third-order valence-corrected chi connectivity index (χ3v) is 3.61. The Bertz CT molecular complexity index is 549. The monoisotopic (exact) mass is 323 g/mol. The summed E-state index contributed by atoms with van der Waals surface area (Å²) in [7, 11) is 1.31. The first-order valence-corrected chi connectivity index (χ1v) is 7.67. The lowest BCUT2D eigenvalue weighted by molar-refractivity contribution is -0.143. The van der Waals surface area contributed by atoms with Gasteiger partial charge in [0, 0.05) is 5.88 Å². The lowest BCUT2D eigenvalue weighted by atomic mass is 10.0. The van der Waals surface area contributed by atoms with Crippen molar-refractivity contribution in [1.29, 1.82) is 0 Å². The predicted molar refractivity (Wildman–Crippen MR) is 89.4 cm³/mol. The molecule has 1 amide bonds. The maximum absolute atomic E-state index is 12.6. The molecule has 0 aromatic heterocycles. The number of benzene rings is 1. The number of hydrogen-bond acceptors (Lipinski definition) is 3. The smallest absolute Gasteiger partial charge is 0.329 e. The van der Waals surface area contributed by atoms with Crippen LogP contribution in [0.25, 0.3) is 0 Å². The van der Waals surface area contributed by atoms with Gasteiger partial charge in [0.15, 0.2) is 0 Å². The van der Waals surface area contributed by atoms with E-state index in [1.165, 1.54) is 18.1 Å². The van der Waals surface area contributed by atoms with E-state index in [2.05, 4.69) is 0 Å². The van der Waals surface area contributed by atoms with Crippen LogP contribution in [-0.2, 0) is 14.3 Å². The van der Waals surface area contributed by atoms with Gasteiger partial charge in [-0.15, -0.1) is 11.6 Å². The highest BCUT2D eigenvalue weighted by Crippen LogP contribution is 2.28. The molecule has 0 aliphatic heterocycles. The summed E-state index contributed by atoms with van der Waals surface area (Å²) in [5.74, 6) is -0.480. The number of carbonyl (C=O) groups excluding carboxylic acids is 2. The van der Waals surface area contributed by atoms with Crippen LogP contribution in [0.3, 0.4) is 0 Å². The molecular formula is C17H22ClNO3. The highest BCUT2D eigenvalue weighted by molar-refractivity contribution is 6.18. The fourth-order valence-electron chi connectivity index (χ4n) is 2.42. The summed E-state index contributed by atoms with van der Waals surface area (Å²) in [4.78, 5) is 26.2. The number of aryl methyl sites for hydroxylation is 2. The highest BCUT2D eigenvalue weighted by Gasteiger charge is 2.32. The maximum atomic E-state index is 12.6. The van der Waals surface area contributed by atoms with E-state index in [1.807, 2.05) is 32.0 Å². The minimum Gasteiger partial charge on any atom is -0.467 e. The lowest BCUT2D eigenvalue weighted by Crippen LogP contribution is -2.46. The Kier molecular flexibility index (Phi) is 7.12. The Morgan fingerprint density at radius 1 is 1.32 bits per heavy atom. The van der Waals surface area contributed by atoms with Gasteiger partial charge in [0.1, 0.15) is 6.04 Å². The van der Waals surface area contributed by atoms with Gasteiger partial charge < -0.3 is 4.74 Å². The summed E-state index contributed by atoms with van der Waals surface area (Å²) in [5.41, 5.74) is 2.56. The average molecular weight is 324 g/mol. The Morgan fingerprint density at radius 2 is 1.91 bits per heavy atom. The topological polar surface area (TPSA) is 46.6 Å². The second-order valence-electron chi connectivity index (χ2n) is 4.97. The van der Waals surface area contributed by atoms with Crippen molar-refractivity contribution in [2.24, 2.45) is 0 Å². The number of esters is 1. The number of amides is 1. The molecule has 0 radical (unpaired) electrons. The maximum Gasteiger partial charge on any atom is 0.329 e. The number of methoxy groups -OCH3 is 1. The number of allylic oxidation sites excluding steroid dienone is 1. The molecule has 0 heterocycles. The molecule has 0 aliphatic carbocycles. The minimum atomic E-state index is -0.744. The van der Waals surface area contributed by atoms with Gasteiger partial charge in [-0.05, 0) is 44.4 Å². The molecule has 0 spiro atoms. The second kappa shape index (κ2) is 8.59. The predicted octanol–water partition coefficient (Wildman–Crippen LogP) is 3.38. The van der Waals surface area contributed by atoms with Crippen LogP contribution in [0.15, 0.2) is 30.4 Å². The zero-order chi connectivity index (χ0) is 16.7. The number of nitrogens with zero attached hydrogens (tertiary/aromatic N) is 1. The Labute approximate surface area is 136 Å². The van der Waals surface area contributed by atoms with E-state index in [4.69, 9.17) is 16.3 Å². The zero-order valence-corrected chi connectivity index (χ0v) is 14.2. The summed E-state index contributed by atoms with van der Waals surface area (Å²) >= 11 is 5.83. The molecule has 1 unspecified atom stereocenters. The summed E-state index contributed by atoms with van der Waals surface area (Å²) in [6.07, 6.45) is 3.42. The van der Waals surface area contributed by atoms with Crippen molar-refractivity contribution in [3.63, 3.8) is 0 Å². The quantitative estimate of drug-likeness (QED) is 0.458. The van der Waals surface area contributed by atoms with Crippen LogP contribution in [0.4, 0.5) is 5.69 Å². The normalized spacial score (nSPS) is 12.2. The molecule has 1 aromatic carbocycles. The summed E-state index contributed by atoms with van der Waals surface area (Å²) in [5, 5.41) is 0. The van der Waals surface area contributed by atoms with Gasteiger partial charge in [0.2, 0.25) is 0 Å². The van der Waals surface area contributed by atoms with E-state index < -0.39 is 12.0 Å². The molecule has 1 rings (SSSR count). The van der Waals surface area contributed by atoms with Crippen LogP contribution in [0.5, 0.6) is 0 Å². The third-order valence-electron chi connectivity index (χ3n) is 3.39. The van der Waals surface area contributed by atoms with Gasteiger partial charge in [-0.3, -0.25) is 9.69 Å². The van der Waals surface area contributed by atoms with Crippen LogP contribution in [-0.4, -0.2) is 30.9 Å². The van der Waals surface area contributed by atoms with E-state index in [0.717, 1.165) is 16.8 Å². The summed E-state index contributed by atoms with van der Waals surface area (Å²) in [6, 6.07) is 4.99. The number of halogens is 1. The number of ether oxygens (including phenoxy) is 1. The first kappa shape index (κ1) is 18.2. The van der Waals surface area contributed by atoms with Crippen molar-refractivity contribution in [3.05, 3.63) is 41.5 Å². The molecule has 1 aromatic rings. The molecule has 120 valence electrons. The Balaban J connectivity index is 3.46. The van der Waals surface area contributed by atoms with Crippen LogP contribution in [0.1, 0.15) is 24.5 Å². The van der Waals surface area contributed by atoms with Crippen molar-refractivity contribution in [3.8, 4) is 0 Å². The number of alkyl halides is 1. The minimum absolute atomic E-state index is 0.254. The zero-order valence-electron chi connectivity index (χ0n) is 13.4. The Hall–Kier alpha value is -1.81. The molecule has 0 saturated heterocycles. The molecular weight excluding hydrogens is 302 g/mol. The first-order valence-electron chi connectivity index (χ1n) is 7.13.